The second kappa shape index (κ2) is 3.72. The number of aromatic nitrogens is 2. The smallest absolute Gasteiger partial charge is 0.159 e. The molecule has 0 aliphatic carbocycles. The van der Waals surface area contributed by atoms with Crippen molar-refractivity contribution in [1.29, 1.82) is 0 Å². The molecule has 2 aromatic rings. The van der Waals surface area contributed by atoms with Gasteiger partial charge in [0.15, 0.2) is 11.6 Å². The number of rotatable bonds is 1. The SMILES string of the molecule is Fc1cnc(-c2c[c]c(Cl)cc2)nc1. The van der Waals surface area contributed by atoms with E-state index >= 15 is 0 Å². The molecule has 4 heteroatoms. The first-order chi connectivity index (χ1) is 6.75. The minimum atomic E-state index is -0.452. The Hall–Kier alpha value is -1.48. The van der Waals surface area contributed by atoms with Crippen molar-refractivity contribution < 1.29 is 4.39 Å². The highest BCUT2D eigenvalue weighted by atomic mass is 35.5. The second-order valence-electron chi connectivity index (χ2n) is 2.65. The number of hydrogen-bond acceptors (Lipinski definition) is 2. The third-order valence-corrected chi connectivity index (χ3v) is 1.89. The van der Waals surface area contributed by atoms with Crippen LogP contribution in [-0.4, -0.2) is 9.97 Å². The van der Waals surface area contributed by atoms with Crippen molar-refractivity contribution in [1.82, 2.24) is 9.97 Å². The lowest BCUT2D eigenvalue weighted by atomic mass is 10.2. The van der Waals surface area contributed by atoms with Crippen LogP contribution >= 0.6 is 11.6 Å². The molecule has 0 unspecified atom stereocenters. The maximum atomic E-state index is 12.5. The molecule has 1 aromatic heterocycles. The molecule has 0 saturated carbocycles. The van der Waals surface area contributed by atoms with E-state index in [0.29, 0.717) is 10.8 Å². The van der Waals surface area contributed by atoms with Crippen LogP contribution in [0.5, 0.6) is 0 Å². The fourth-order valence-electron chi connectivity index (χ4n) is 1.01. The molecule has 0 spiro atoms. The van der Waals surface area contributed by atoms with Crippen LogP contribution in [0.25, 0.3) is 11.4 Å². The highest BCUT2D eigenvalue weighted by molar-refractivity contribution is 6.30. The van der Waals surface area contributed by atoms with Crippen molar-refractivity contribution in [2.75, 3.05) is 0 Å². The van der Waals surface area contributed by atoms with Gasteiger partial charge in [-0.1, -0.05) is 11.6 Å². The van der Waals surface area contributed by atoms with E-state index in [1.54, 1.807) is 18.2 Å². The summed E-state index contributed by atoms with van der Waals surface area (Å²) in [6.07, 6.45) is 2.24. The number of benzene rings is 1. The fraction of sp³-hybridized carbons (Fsp3) is 0. The maximum absolute atomic E-state index is 12.5. The average molecular weight is 208 g/mol. The zero-order chi connectivity index (χ0) is 9.97. The third-order valence-electron chi connectivity index (χ3n) is 1.65. The Morgan fingerprint density at radius 3 is 2.50 bits per heavy atom. The molecule has 2 nitrogen and oxygen atoms in total. The summed E-state index contributed by atoms with van der Waals surface area (Å²) < 4.78 is 12.5. The van der Waals surface area contributed by atoms with Crippen molar-refractivity contribution >= 4 is 11.6 Å². The second-order valence-corrected chi connectivity index (χ2v) is 3.06. The lowest BCUT2D eigenvalue weighted by molar-refractivity contribution is 0.614. The van der Waals surface area contributed by atoms with Crippen LogP contribution < -0.4 is 0 Å². The van der Waals surface area contributed by atoms with Crippen molar-refractivity contribution in [3.05, 3.63) is 47.5 Å². The fourth-order valence-corrected chi connectivity index (χ4v) is 1.12. The summed E-state index contributed by atoms with van der Waals surface area (Å²) in [5.74, 6) is 0.00556. The van der Waals surface area contributed by atoms with E-state index in [9.17, 15) is 4.39 Å². The molecule has 0 fully saturated rings. The normalized spacial score (nSPS) is 10.1. The molecular formula is C10H5ClFN2. The quantitative estimate of drug-likeness (QED) is 0.719. The van der Waals surface area contributed by atoms with Crippen LogP contribution in [0.4, 0.5) is 4.39 Å². The Labute approximate surface area is 85.4 Å². The Morgan fingerprint density at radius 1 is 1.21 bits per heavy atom. The summed E-state index contributed by atoms with van der Waals surface area (Å²) in [6.45, 7) is 0. The Balaban J connectivity index is 2.40. The number of nitrogens with zero attached hydrogens (tertiary/aromatic N) is 2. The van der Waals surface area contributed by atoms with Crippen LogP contribution in [0.15, 0.2) is 30.6 Å². The summed E-state index contributed by atoms with van der Waals surface area (Å²) in [5.41, 5.74) is 0.759. The van der Waals surface area contributed by atoms with Gasteiger partial charge in [-0.25, -0.2) is 14.4 Å². The molecular weight excluding hydrogens is 203 g/mol. The summed E-state index contributed by atoms with van der Waals surface area (Å²) in [4.78, 5) is 7.66. The molecule has 2 rings (SSSR count). The molecule has 0 amide bonds. The van der Waals surface area contributed by atoms with Gasteiger partial charge in [0.1, 0.15) is 0 Å². The van der Waals surface area contributed by atoms with Crippen molar-refractivity contribution in [2.45, 2.75) is 0 Å². The van der Waals surface area contributed by atoms with Gasteiger partial charge in [0.2, 0.25) is 0 Å². The standard InChI is InChI=1S/C10H5ClFN2/c11-8-3-1-7(2-4-8)10-13-5-9(12)6-14-10/h1-3,5-6H. The zero-order valence-electron chi connectivity index (χ0n) is 7.04. The molecule has 69 valence electrons. The summed E-state index contributed by atoms with van der Waals surface area (Å²) in [5, 5.41) is 0.524. The summed E-state index contributed by atoms with van der Waals surface area (Å²) >= 11 is 5.67. The van der Waals surface area contributed by atoms with Gasteiger partial charge in [0.25, 0.3) is 0 Å². The molecule has 0 aliphatic rings. The largest absolute Gasteiger partial charge is 0.233 e. The van der Waals surface area contributed by atoms with E-state index in [1.807, 2.05) is 0 Å². The van der Waals surface area contributed by atoms with E-state index in [1.165, 1.54) is 0 Å². The lowest BCUT2D eigenvalue weighted by Gasteiger charge is -1.98. The van der Waals surface area contributed by atoms with Crippen LogP contribution in [0.1, 0.15) is 0 Å². The predicted molar refractivity (Wildman–Crippen MR) is 51.3 cm³/mol. The maximum Gasteiger partial charge on any atom is 0.159 e. The highest BCUT2D eigenvalue weighted by Crippen LogP contribution is 2.16. The molecule has 0 saturated heterocycles. The van der Waals surface area contributed by atoms with Gasteiger partial charge in [-0.3, -0.25) is 0 Å². The van der Waals surface area contributed by atoms with Gasteiger partial charge in [-0.2, -0.15) is 0 Å². The van der Waals surface area contributed by atoms with Gasteiger partial charge < -0.3 is 0 Å². The summed E-state index contributed by atoms with van der Waals surface area (Å²) in [6, 6.07) is 7.91. The van der Waals surface area contributed by atoms with E-state index in [2.05, 4.69) is 16.0 Å². The zero-order valence-corrected chi connectivity index (χ0v) is 7.79. The minimum Gasteiger partial charge on any atom is -0.233 e. The molecule has 1 aromatic carbocycles. The predicted octanol–water partition coefficient (Wildman–Crippen LogP) is 2.74. The van der Waals surface area contributed by atoms with Crippen molar-refractivity contribution in [3.8, 4) is 11.4 Å². The van der Waals surface area contributed by atoms with E-state index in [-0.39, 0.29) is 0 Å². The Kier molecular flexibility index (Phi) is 2.41. The van der Waals surface area contributed by atoms with E-state index in [4.69, 9.17) is 11.6 Å². The Bertz CT molecular complexity index is 381. The van der Waals surface area contributed by atoms with Crippen LogP contribution in [0, 0.1) is 11.9 Å². The first-order valence-corrected chi connectivity index (χ1v) is 4.28. The third kappa shape index (κ3) is 1.88. The van der Waals surface area contributed by atoms with Crippen molar-refractivity contribution in [3.63, 3.8) is 0 Å². The van der Waals surface area contributed by atoms with Gasteiger partial charge in [-0.05, 0) is 18.2 Å². The number of halogens is 2. The molecule has 0 atom stereocenters. The number of hydrogen-bond donors (Lipinski definition) is 0. The van der Waals surface area contributed by atoms with Crippen LogP contribution in [0.2, 0.25) is 5.02 Å². The monoisotopic (exact) mass is 207 g/mol. The average Bonchev–Trinajstić information content (AvgIpc) is 2.21. The lowest BCUT2D eigenvalue weighted by Crippen LogP contribution is -1.89. The van der Waals surface area contributed by atoms with E-state index in [0.717, 1.165) is 18.0 Å². The van der Waals surface area contributed by atoms with Gasteiger partial charge >= 0.3 is 0 Å². The molecule has 1 radical (unpaired) electrons. The van der Waals surface area contributed by atoms with Gasteiger partial charge in [0.05, 0.1) is 12.4 Å². The van der Waals surface area contributed by atoms with Crippen molar-refractivity contribution in [2.24, 2.45) is 0 Å². The minimum absolute atomic E-state index is 0.452. The molecule has 0 N–H and O–H groups in total. The first-order valence-electron chi connectivity index (χ1n) is 3.91. The molecule has 14 heavy (non-hydrogen) atoms. The van der Waals surface area contributed by atoms with Crippen LogP contribution in [0.3, 0.4) is 0 Å². The molecule has 0 bridgehead atoms. The Morgan fingerprint density at radius 2 is 1.93 bits per heavy atom. The molecule has 1 heterocycles. The van der Waals surface area contributed by atoms with E-state index < -0.39 is 5.82 Å². The van der Waals surface area contributed by atoms with Crippen LogP contribution in [-0.2, 0) is 0 Å². The first kappa shape index (κ1) is 9.09. The van der Waals surface area contributed by atoms with Gasteiger partial charge in [-0.15, -0.1) is 0 Å². The summed E-state index contributed by atoms with van der Waals surface area (Å²) in [7, 11) is 0. The topological polar surface area (TPSA) is 25.8 Å². The van der Waals surface area contributed by atoms with Gasteiger partial charge in [0, 0.05) is 16.7 Å². The highest BCUT2D eigenvalue weighted by Gasteiger charge is 2.00. The molecule has 0 aliphatic heterocycles.